The highest BCUT2D eigenvalue weighted by molar-refractivity contribution is 5.19. The van der Waals surface area contributed by atoms with E-state index in [1.807, 2.05) is 0 Å². The van der Waals surface area contributed by atoms with Gasteiger partial charge in [0.15, 0.2) is 0 Å². The summed E-state index contributed by atoms with van der Waals surface area (Å²) in [5.41, 5.74) is 1.59. The summed E-state index contributed by atoms with van der Waals surface area (Å²) in [4.78, 5) is 7.66. The van der Waals surface area contributed by atoms with Crippen molar-refractivity contribution >= 4 is 0 Å². The van der Waals surface area contributed by atoms with E-state index in [-0.39, 0.29) is 12.8 Å². The van der Waals surface area contributed by atoms with Gasteiger partial charge in [-0.1, -0.05) is 25.7 Å². The first-order valence-corrected chi connectivity index (χ1v) is 7.15. The van der Waals surface area contributed by atoms with E-state index in [1.54, 1.807) is 0 Å². The molecule has 106 valence electrons. The molecule has 0 bridgehead atoms. The highest BCUT2D eigenvalue weighted by Crippen LogP contribution is 2.36. The normalized spacial score (nSPS) is 24.7. The smallest absolute Gasteiger partial charge is 0.346 e. The van der Waals surface area contributed by atoms with Crippen LogP contribution in [0.2, 0.25) is 0 Å². The molecule has 1 unspecified atom stereocenters. The molecule has 0 aliphatic heterocycles. The summed E-state index contributed by atoms with van der Waals surface area (Å²) in [7, 11) is 0. The molecular formula is C14H19F3N2. The molecule has 1 saturated carbocycles. The number of hydrogen-bond donors (Lipinski definition) is 1. The number of aromatic amines is 1. The molecule has 3 rings (SSSR count). The number of rotatable bonds is 2. The molecule has 1 heterocycles. The van der Waals surface area contributed by atoms with Crippen LogP contribution in [0.5, 0.6) is 0 Å². The zero-order valence-corrected chi connectivity index (χ0v) is 10.9. The standard InChI is InChI=1S/C14H19F3N2/c15-14(16,17)10-5-6-11-12(8-10)19-13(18-11)7-9-3-1-2-4-9/h9-10H,1-8H2,(H,18,19). The Morgan fingerprint density at radius 1 is 1.16 bits per heavy atom. The maximum Gasteiger partial charge on any atom is 0.392 e. The first-order chi connectivity index (χ1) is 9.02. The molecule has 2 aliphatic carbocycles. The largest absolute Gasteiger partial charge is 0.392 e. The fourth-order valence-electron chi connectivity index (χ4n) is 3.40. The van der Waals surface area contributed by atoms with Crippen LogP contribution in [0.3, 0.4) is 0 Å². The van der Waals surface area contributed by atoms with Crippen LogP contribution in [0.25, 0.3) is 0 Å². The van der Waals surface area contributed by atoms with Gasteiger partial charge in [-0.2, -0.15) is 13.2 Å². The molecule has 1 aromatic rings. The fourth-order valence-corrected chi connectivity index (χ4v) is 3.40. The summed E-state index contributed by atoms with van der Waals surface area (Å²) >= 11 is 0. The predicted molar refractivity (Wildman–Crippen MR) is 65.8 cm³/mol. The molecule has 0 aromatic carbocycles. The van der Waals surface area contributed by atoms with Crippen LogP contribution >= 0.6 is 0 Å². The van der Waals surface area contributed by atoms with E-state index in [2.05, 4.69) is 9.97 Å². The van der Waals surface area contributed by atoms with Crippen molar-refractivity contribution in [2.24, 2.45) is 11.8 Å². The number of aromatic nitrogens is 2. The van der Waals surface area contributed by atoms with Crippen LogP contribution in [-0.2, 0) is 19.3 Å². The van der Waals surface area contributed by atoms with Crippen LogP contribution in [0.15, 0.2) is 0 Å². The highest BCUT2D eigenvalue weighted by Gasteiger charge is 2.42. The zero-order chi connectivity index (χ0) is 13.5. The molecule has 19 heavy (non-hydrogen) atoms. The van der Waals surface area contributed by atoms with Gasteiger partial charge in [0.1, 0.15) is 5.82 Å². The van der Waals surface area contributed by atoms with Crippen molar-refractivity contribution in [3.8, 4) is 0 Å². The molecule has 1 aromatic heterocycles. The maximum atomic E-state index is 12.7. The van der Waals surface area contributed by atoms with Gasteiger partial charge in [-0.25, -0.2) is 4.98 Å². The number of nitrogens with zero attached hydrogens (tertiary/aromatic N) is 1. The SMILES string of the molecule is FC(F)(F)C1CCc2nc(CC3CCCC3)[nH]c2C1. The minimum Gasteiger partial charge on any atom is -0.346 e. The minimum atomic E-state index is -4.07. The Morgan fingerprint density at radius 2 is 1.89 bits per heavy atom. The van der Waals surface area contributed by atoms with Crippen LogP contribution in [0.1, 0.15) is 49.3 Å². The van der Waals surface area contributed by atoms with Gasteiger partial charge in [-0.05, 0) is 18.8 Å². The Balaban J connectivity index is 1.70. The number of fused-ring (bicyclic) bond motifs is 1. The lowest BCUT2D eigenvalue weighted by Crippen LogP contribution is -2.28. The van der Waals surface area contributed by atoms with Crippen LogP contribution in [0.4, 0.5) is 13.2 Å². The number of H-pyrrole nitrogens is 1. The summed E-state index contributed by atoms with van der Waals surface area (Å²) in [6.07, 6.45) is 2.58. The van der Waals surface area contributed by atoms with Crippen LogP contribution < -0.4 is 0 Å². The van der Waals surface area contributed by atoms with Crippen molar-refractivity contribution < 1.29 is 13.2 Å². The molecule has 1 N–H and O–H groups in total. The van der Waals surface area contributed by atoms with E-state index in [0.29, 0.717) is 12.3 Å². The maximum absolute atomic E-state index is 12.7. The van der Waals surface area contributed by atoms with Gasteiger partial charge in [0.2, 0.25) is 0 Å². The molecule has 0 spiro atoms. The van der Waals surface area contributed by atoms with Crippen molar-refractivity contribution in [2.45, 2.75) is 57.5 Å². The Labute approximate surface area is 110 Å². The lowest BCUT2D eigenvalue weighted by atomic mass is 9.89. The summed E-state index contributed by atoms with van der Waals surface area (Å²) < 4.78 is 38.2. The van der Waals surface area contributed by atoms with E-state index in [4.69, 9.17) is 0 Å². The number of alkyl halides is 3. The zero-order valence-electron chi connectivity index (χ0n) is 10.9. The van der Waals surface area contributed by atoms with Gasteiger partial charge in [0, 0.05) is 18.5 Å². The average Bonchev–Trinajstić information content (AvgIpc) is 2.95. The monoisotopic (exact) mass is 272 g/mol. The van der Waals surface area contributed by atoms with E-state index in [1.165, 1.54) is 25.7 Å². The van der Waals surface area contributed by atoms with Gasteiger partial charge in [-0.3, -0.25) is 0 Å². The molecule has 2 aliphatic rings. The van der Waals surface area contributed by atoms with E-state index >= 15 is 0 Å². The van der Waals surface area contributed by atoms with E-state index in [0.717, 1.165) is 23.6 Å². The van der Waals surface area contributed by atoms with E-state index in [9.17, 15) is 13.2 Å². The molecule has 0 saturated heterocycles. The van der Waals surface area contributed by atoms with Gasteiger partial charge in [-0.15, -0.1) is 0 Å². The minimum absolute atomic E-state index is 0.0799. The van der Waals surface area contributed by atoms with Crippen molar-refractivity contribution in [2.75, 3.05) is 0 Å². The highest BCUT2D eigenvalue weighted by atomic mass is 19.4. The van der Waals surface area contributed by atoms with Crippen molar-refractivity contribution in [1.29, 1.82) is 0 Å². The molecule has 5 heteroatoms. The molecule has 1 atom stereocenters. The summed E-state index contributed by atoms with van der Waals surface area (Å²) in [5, 5.41) is 0. The number of nitrogens with one attached hydrogen (secondary N) is 1. The topological polar surface area (TPSA) is 28.7 Å². The quantitative estimate of drug-likeness (QED) is 0.871. The second kappa shape index (κ2) is 4.84. The van der Waals surface area contributed by atoms with Crippen molar-refractivity contribution in [1.82, 2.24) is 9.97 Å². The number of hydrogen-bond acceptors (Lipinski definition) is 1. The second-order valence-corrected chi connectivity index (χ2v) is 5.94. The second-order valence-electron chi connectivity index (χ2n) is 5.94. The van der Waals surface area contributed by atoms with Crippen molar-refractivity contribution in [3.05, 3.63) is 17.2 Å². The predicted octanol–water partition coefficient (Wildman–Crippen LogP) is 3.81. The van der Waals surface area contributed by atoms with Gasteiger partial charge in [0.05, 0.1) is 11.6 Å². The number of imidazole rings is 1. The third-order valence-electron chi connectivity index (χ3n) is 4.51. The van der Waals surface area contributed by atoms with E-state index < -0.39 is 12.1 Å². The van der Waals surface area contributed by atoms with Crippen LogP contribution in [-0.4, -0.2) is 16.1 Å². The Kier molecular flexibility index (Phi) is 3.31. The molecule has 0 amide bonds. The number of aryl methyl sites for hydroxylation is 1. The molecule has 0 radical (unpaired) electrons. The van der Waals surface area contributed by atoms with Gasteiger partial charge < -0.3 is 4.98 Å². The first kappa shape index (κ1) is 13.0. The summed E-state index contributed by atoms with van der Waals surface area (Å²) in [6.45, 7) is 0. The molecule has 2 nitrogen and oxygen atoms in total. The lowest BCUT2D eigenvalue weighted by Gasteiger charge is -2.23. The van der Waals surface area contributed by atoms with Crippen LogP contribution in [0, 0.1) is 11.8 Å². The molecule has 1 fully saturated rings. The van der Waals surface area contributed by atoms with Gasteiger partial charge in [0.25, 0.3) is 0 Å². The molecular weight excluding hydrogens is 253 g/mol. The third-order valence-corrected chi connectivity index (χ3v) is 4.51. The Hall–Kier alpha value is -1.00. The Bertz CT molecular complexity index is 444. The number of halogens is 3. The fraction of sp³-hybridized carbons (Fsp3) is 0.786. The third kappa shape index (κ3) is 2.79. The van der Waals surface area contributed by atoms with Gasteiger partial charge >= 0.3 is 6.18 Å². The first-order valence-electron chi connectivity index (χ1n) is 7.15. The summed E-state index contributed by atoms with van der Waals surface area (Å²) in [6, 6.07) is 0. The van der Waals surface area contributed by atoms with Crippen molar-refractivity contribution in [3.63, 3.8) is 0 Å². The lowest BCUT2D eigenvalue weighted by molar-refractivity contribution is -0.177. The Morgan fingerprint density at radius 3 is 2.58 bits per heavy atom. The summed E-state index contributed by atoms with van der Waals surface area (Å²) in [5.74, 6) is 0.380. The average molecular weight is 272 g/mol.